The van der Waals surface area contributed by atoms with Crippen LogP contribution in [0.2, 0.25) is 0 Å². The fourth-order valence-electron chi connectivity index (χ4n) is 2.68. The highest BCUT2D eigenvalue weighted by Gasteiger charge is 2.22. The van der Waals surface area contributed by atoms with Gasteiger partial charge in [-0.3, -0.25) is 0 Å². The molecule has 1 aliphatic rings. The summed E-state index contributed by atoms with van der Waals surface area (Å²) < 4.78 is 6.41. The van der Waals surface area contributed by atoms with Gasteiger partial charge in [0.2, 0.25) is 0 Å². The molecule has 0 bridgehead atoms. The Labute approximate surface area is 124 Å². The summed E-state index contributed by atoms with van der Waals surface area (Å²) in [5, 5.41) is 0. The third-order valence-electron chi connectivity index (χ3n) is 3.63. The molecule has 1 fully saturated rings. The van der Waals surface area contributed by atoms with E-state index in [1.807, 2.05) is 6.92 Å². The zero-order valence-electron chi connectivity index (χ0n) is 11.7. The number of hydrogen-bond donors (Lipinski definition) is 1. The Hall–Kier alpha value is -0.580. The minimum Gasteiger partial charge on any atom is -0.384 e. The maximum atomic E-state index is 5.86. The number of hydrogen-bond acceptors (Lipinski definition) is 3. The Kier molecular flexibility index (Phi) is 5.25. The van der Waals surface area contributed by atoms with Crippen molar-refractivity contribution in [3.63, 3.8) is 0 Å². The van der Waals surface area contributed by atoms with E-state index in [0.717, 1.165) is 30.6 Å². The molecule has 1 aromatic rings. The normalized spacial score (nSPS) is 20.8. The summed E-state index contributed by atoms with van der Waals surface area (Å²) in [6, 6.07) is 6.80. The SMILES string of the molecule is COCC1CCN(c2ccc(CC(C)N)c(Br)c2)C1. The second-order valence-corrected chi connectivity index (χ2v) is 6.37. The lowest BCUT2D eigenvalue weighted by molar-refractivity contribution is 0.161. The van der Waals surface area contributed by atoms with Gasteiger partial charge in [0.25, 0.3) is 0 Å². The highest BCUT2D eigenvalue weighted by atomic mass is 79.9. The molecule has 2 N–H and O–H groups in total. The molecule has 2 rings (SSSR count). The Morgan fingerprint density at radius 3 is 2.95 bits per heavy atom. The van der Waals surface area contributed by atoms with Crippen LogP contribution in [0.5, 0.6) is 0 Å². The van der Waals surface area contributed by atoms with Gasteiger partial charge in [-0.25, -0.2) is 0 Å². The molecule has 3 nitrogen and oxygen atoms in total. The Morgan fingerprint density at radius 2 is 2.32 bits per heavy atom. The van der Waals surface area contributed by atoms with Gasteiger partial charge in [0.15, 0.2) is 0 Å². The molecule has 0 spiro atoms. The van der Waals surface area contributed by atoms with Gasteiger partial charge in [-0.1, -0.05) is 22.0 Å². The largest absolute Gasteiger partial charge is 0.384 e. The minimum absolute atomic E-state index is 0.194. The molecule has 1 saturated heterocycles. The number of nitrogens with zero attached hydrogens (tertiary/aromatic N) is 1. The molecule has 4 heteroatoms. The van der Waals surface area contributed by atoms with Crippen LogP contribution in [-0.2, 0) is 11.2 Å². The van der Waals surface area contributed by atoms with Crippen molar-refractivity contribution < 1.29 is 4.74 Å². The summed E-state index contributed by atoms with van der Waals surface area (Å²) in [6.45, 7) is 5.11. The third-order valence-corrected chi connectivity index (χ3v) is 4.37. The van der Waals surface area contributed by atoms with Gasteiger partial charge < -0.3 is 15.4 Å². The van der Waals surface area contributed by atoms with E-state index in [4.69, 9.17) is 10.5 Å². The summed E-state index contributed by atoms with van der Waals surface area (Å²) in [7, 11) is 1.78. The molecule has 19 heavy (non-hydrogen) atoms. The molecule has 0 aromatic heterocycles. The Balaban J connectivity index is 2.04. The minimum atomic E-state index is 0.194. The number of ether oxygens (including phenoxy) is 1. The predicted molar refractivity (Wildman–Crippen MR) is 83.7 cm³/mol. The lowest BCUT2D eigenvalue weighted by Gasteiger charge is -2.20. The first-order valence-corrected chi connectivity index (χ1v) is 7.67. The van der Waals surface area contributed by atoms with Crippen LogP contribution in [0.1, 0.15) is 18.9 Å². The number of anilines is 1. The fraction of sp³-hybridized carbons (Fsp3) is 0.600. The van der Waals surface area contributed by atoms with E-state index in [2.05, 4.69) is 39.0 Å². The Bertz CT molecular complexity index is 423. The molecular weight excluding hydrogens is 304 g/mol. The maximum absolute atomic E-state index is 5.86. The van der Waals surface area contributed by atoms with Crippen LogP contribution in [0.3, 0.4) is 0 Å². The first-order chi connectivity index (χ1) is 9.10. The summed E-state index contributed by atoms with van der Waals surface area (Å²) in [5.41, 5.74) is 8.43. The average Bonchev–Trinajstić information content (AvgIpc) is 2.80. The first-order valence-electron chi connectivity index (χ1n) is 6.88. The lowest BCUT2D eigenvalue weighted by Crippen LogP contribution is -2.21. The summed E-state index contributed by atoms with van der Waals surface area (Å²) in [6.07, 6.45) is 2.13. The highest BCUT2D eigenvalue weighted by Crippen LogP contribution is 2.29. The molecule has 0 radical (unpaired) electrons. The molecular formula is C15H23BrN2O. The van der Waals surface area contributed by atoms with Crippen LogP contribution in [0.4, 0.5) is 5.69 Å². The van der Waals surface area contributed by atoms with Gasteiger partial charge in [-0.2, -0.15) is 0 Å². The lowest BCUT2D eigenvalue weighted by atomic mass is 10.1. The van der Waals surface area contributed by atoms with Crippen molar-refractivity contribution >= 4 is 21.6 Å². The molecule has 1 aliphatic heterocycles. The number of nitrogens with two attached hydrogens (primary N) is 1. The highest BCUT2D eigenvalue weighted by molar-refractivity contribution is 9.10. The van der Waals surface area contributed by atoms with Crippen LogP contribution in [0.25, 0.3) is 0 Å². The number of rotatable bonds is 5. The van der Waals surface area contributed by atoms with Crippen LogP contribution in [-0.4, -0.2) is 32.8 Å². The van der Waals surface area contributed by atoms with Gasteiger partial charge >= 0.3 is 0 Å². The molecule has 2 unspecified atom stereocenters. The van der Waals surface area contributed by atoms with Gasteiger partial charge in [-0.05, 0) is 37.5 Å². The van der Waals surface area contributed by atoms with Crippen molar-refractivity contribution in [3.8, 4) is 0 Å². The zero-order chi connectivity index (χ0) is 13.8. The monoisotopic (exact) mass is 326 g/mol. The second kappa shape index (κ2) is 6.73. The van der Waals surface area contributed by atoms with Crippen LogP contribution >= 0.6 is 15.9 Å². The number of methoxy groups -OCH3 is 1. The third kappa shape index (κ3) is 3.94. The van der Waals surface area contributed by atoms with Crippen LogP contribution in [0.15, 0.2) is 22.7 Å². The summed E-state index contributed by atoms with van der Waals surface area (Å²) in [4.78, 5) is 2.43. The van der Waals surface area contributed by atoms with Gasteiger partial charge in [0, 0.05) is 42.3 Å². The number of benzene rings is 1. The van der Waals surface area contributed by atoms with Gasteiger partial charge in [0.05, 0.1) is 6.61 Å². The maximum Gasteiger partial charge on any atom is 0.0508 e. The predicted octanol–water partition coefficient (Wildman–Crippen LogP) is 2.81. The fourth-order valence-corrected chi connectivity index (χ4v) is 3.21. The van der Waals surface area contributed by atoms with Gasteiger partial charge in [-0.15, -0.1) is 0 Å². The van der Waals surface area contributed by atoms with E-state index < -0.39 is 0 Å². The molecule has 0 amide bonds. The Morgan fingerprint density at radius 1 is 1.53 bits per heavy atom. The average molecular weight is 327 g/mol. The molecule has 0 aliphatic carbocycles. The smallest absolute Gasteiger partial charge is 0.0508 e. The van der Waals surface area contributed by atoms with E-state index in [-0.39, 0.29) is 6.04 Å². The van der Waals surface area contributed by atoms with Crippen LogP contribution < -0.4 is 10.6 Å². The van der Waals surface area contributed by atoms with E-state index in [1.165, 1.54) is 17.7 Å². The topological polar surface area (TPSA) is 38.5 Å². The van der Waals surface area contributed by atoms with E-state index in [0.29, 0.717) is 5.92 Å². The standard InChI is InChI=1S/C15H23BrN2O/c1-11(17)7-13-3-4-14(8-15(13)16)18-6-5-12(9-18)10-19-2/h3-4,8,11-12H,5-7,9-10,17H2,1-2H3. The summed E-state index contributed by atoms with van der Waals surface area (Å²) in [5.74, 6) is 0.660. The molecule has 2 atom stereocenters. The van der Waals surface area contributed by atoms with Crippen molar-refractivity contribution in [1.29, 1.82) is 0 Å². The quantitative estimate of drug-likeness (QED) is 0.904. The first kappa shape index (κ1) is 14.8. The van der Waals surface area contributed by atoms with Crippen molar-refractivity contribution in [1.82, 2.24) is 0 Å². The van der Waals surface area contributed by atoms with Crippen molar-refractivity contribution in [2.24, 2.45) is 11.7 Å². The second-order valence-electron chi connectivity index (χ2n) is 5.51. The van der Waals surface area contributed by atoms with Crippen molar-refractivity contribution in [2.75, 3.05) is 31.7 Å². The summed E-state index contributed by atoms with van der Waals surface area (Å²) >= 11 is 3.66. The van der Waals surface area contributed by atoms with Crippen molar-refractivity contribution in [3.05, 3.63) is 28.2 Å². The number of halogens is 1. The van der Waals surface area contributed by atoms with Crippen LogP contribution in [0, 0.1) is 5.92 Å². The molecule has 106 valence electrons. The van der Waals surface area contributed by atoms with E-state index >= 15 is 0 Å². The van der Waals surface area contributed by atoms with E-state index in [1.54, 1.807) is 7.11 Å². The van der Waals surface area contributed by atoms with Crippen molar-refractivity contribution in [2.45, 2.75) is 25.8 Å². The van der Waals surface area contributed by atoms with Gasteiger partial charge in [0.1, 0.15) is 0 Å². The van der Waals surface area contributed by atoms with E-state index in [9.17, 15) is 0 Å². The molecule has 0 saturated carbocycles. The molecule has 1 aromatic carbocycles. The molecule has 1 heterocycles. The zero-order valence-corrected chi connectivity index (χ0v) is 13.3.